The van der Waals surface area contributed by atoms with Crippen LogP contribution in [0.3, 0.4) is 0 Å². The molecular weight excluding hydrogens is 307 g/mol. The summed E-state index contributed by atoms with van der Waals surface area (Å²) in [6, 6.07) is 1.57. The Hall–Kier alpha value is -0.430. The maximum atomic E-state index is 11.4. The van der Waals surface area contributed by atoms with E-state index >= 15 is 0 Å². The number of hydrogen-bond acceptors (Lipinski definition) is 3. The average molecular weight is 322 g/mol. The molecule has 0 aliphatic carbocycles. The Morgan fingerprint density at radius 2 is 2.33 bits per heavy atom. The molecule has 0 saturated carbocycles. The summed E-state index contributed by atoms with van der Waals surface area (Å²) < 4.78 is 7.66. The summed E-state index contributed by atoms with van der Waals surface area (Å²) in [4.78, 5) is 11.4. The van der Waals surface area contributed by atoms with Gasteiger partial charge in [-0.25, -0.2) is 4.68 Å². The van der Waals surface area contributed by atoms with Crippen LogP contribution < -0.4 is 5.56 Å². The van der Waals surface area contributed by atoms with Crippen LogP contribution in [-0.4, -0.2) is 23.0 Å². The molecule has 1 aromatic heterocycles. The second kappa shape index (κ2) is 6.22. The summed E-state index contributed by atoms with van der Waals surface area (Å²) in [6.07, 6.45) is 1.67. The molecule has 0 fully saturated rings. The van der Waals surface area contributed by atoms with E-state index < -0.39 is 0 Å². The van der Waals surface area contributed by atoms with E-state index in [-0.39, 0.29) is 5.56 Å². The van der Waals surface area contributed by atoms with Crippen molar-refractivity contribution < 1.29 is 4.74 Å². The highest BCUT2D eigenvalue weighted by molar-refractivity contribution is 14.1. The SMILES string of the molecule is CC(C)COCCn1ncc(I)cc1=O. The number of ether oxygens (including phenoxy) is 1. The third kappa shape index (κ3) is 4.74. The molecule has 0 aliphatic rings. The van der Waals surface area contributed by atoms with Crippen molar-refractivity contribution >= 4 is 22.6 Å². The van der Waals surface area contributed by atoms with Crippen LogP contribution in [0.15, 0.2) is 17.1 Å². The molecule has 0 bridgehead atoms. The van der Waals surface area contributed by atoms with Crippen molar-refractivity contribution in [3.05, 3.63) is 26.2 Å². The molecule has 0 atom stereocenters. The van der Waals surface area contributed by atoms with Gasteiger partial charge in [0.1, 0.15) is 0 Å². The smallest absolute Gasteiger partial charge is 0.267 e. The minimum atomic E-state index is -0.0740. The van der Waals surface area contributed by atoms with Crippen molar-refractivity contribution in [2.75, 3.05) is 13.2 Å². The van der Waals surface area contributed by atoms with Crippen molar-refractivity contribution in [3.8, 4) is 0 Å². The van der Waals surface area contributed by atoms with Gasteiger partial charge in [0, 0.05) is 16.2 Å². The summed E-state index contributed by atoms with van der Waals surface area (Å²) in [5.74, 6) is 0.520. The summed E-state index contributed by atoms with van der Waals surface area (Å²) in [5, 5.41) is 4.01. The van der Waals surface area contributed by atoms with Crippen molar-refractivity contribution in [2.45, 2.75) is 20.4 Å². The van der Waals surface area contributed by atoms with Gasteiger partial charge in [0.2, 0.25) is 0 Å². The van der Waals surface area contributed by atoms with Crippen LogP contribution in [-0.2, 0) is 11.3 Å². The van der Waals surface area contributed by atoms with E-state index in [0.717, 1.165) is 10.2 Å². The average Bonchev–Trinajstić information content (AvgIpc) is 2.14. The second-order valence-corrected chi connectivity index (χ2v) is 4.95. The Balaban J connectivity index is 2.41. The molecule has 0 saturated heterocycles. The Morgan fingerprint density at radius 3 is 2.93 bits per heavy atom. The summed E-state index contributed by atoms with van der Waals surface area (Å²) >= 11 is 2.07. The molecule has 0 amide bonds. The highest BCUT2D eigenvalue weighted by Crippen LogP contribution is 1.96. The van der Waals surface area contributed by atoms with Crippen molar-refractivity contribution in [1.82, 2.24) is 9.78 Å². The number of hydrogen-bond donors (Lipinski definition) is 0. The molecule has 0 spiro atoms. The summed E-state index contributed by atoms with van der Waals surface area (Å²) in [5.41, 5.74) is -0.0740. The third-order valence-corrected chi connectivity index (χ3v) is 2.32. The lowest BCUT2D eigenvalue weighted by atomic mass is 10.2. The van der Waals surface area contributed by atoms with E-state index in [9.17, 15) is 4.79 Å². The van der Waals surface area contributed by atoms with Crippen LogP contribution in [0.4, 0.5) is 0 Å². The molecule has 0 unspecified atom stereocenters. The van der Waals surface area contributed by atoms with Crippen molar-refractivity contribution in [2.24, 2.45) is 5.92 Å². The predicted molar refractivity (Wildman–Crippen MR) is 66.9 cm³/mol. The zero-order valence-corrected chi connectivity index (χ0v) is 11.1. The Bertz CT molecular complexity index is 363. The molecular formula is C10H15IN2O2. The van der Waals surface area contributed by atoms with Crippen molar-refractivity contribution in [3.63, 3.8) is 0 Å². The first-order valence-corrected chi connectivity index (χ1v) is 5.98. The van der Waals surface area contributed by atoms with Crippen LogP contribution in [0.5, 0.6) is 0 Å². The fourth-order valence-corrected chi connectivity index (χ4v) is 1.44. The first-order valence-electron chi connectivity index (χ1n) is 4.90. The molecule has 15 heavy (non-hydrogen) atoms. The fourth-order valence-electron chi connectivity index (χ4n) is 1.05. The van der Waals surface area contributed by atoms with Gasteiger partial charge in [0.25, 0.3) is 5.56 Å². The first-order chi connectivity index (χ1) is 7.09. The molecule has 0 aliphatic heterocycles. The van der Waals surface area contributed by atoms with Gasteiger partial charge in [-0.3, -0.25) is 4.79 Å². The van der Waals surface area contributed by atoms with Gasteiger partial charge in [-0.15, -0.1) is 0 Å². The molecule has 0 aromatic carbocycles. The van der Waals surface area contributed by atoms with E-state index in [1.54, 1.807) is 12.3 Å². The summed E-state index contributed by atoms with van der Waals surface area (Å²) in [6.45, 7) is 5.96. The standard InChI is InChI=1S/C10H15IN2O2/c1-8(2)7-15-4-3-13-10(14)5-9(11)6-12-13/h5-6,8H,3-4,7H2,1-2H3. The number of aromatic nitrogens is 2. The lowest BCUT2D eigenvalue weighted by Gasteiger charge is -2.07. The Labute approximate surface area is 103 Å². The van der Waals surface area contributed by atoms with Gasteiger partial charge >= 0.3 is 0 Å². The molecule has 4 nitrogen and oxygen atoms in total. The highest BCUT2D eigenvalue weighted by atomic mass is 127. The van der Waals surface area contributed by atoms with E-state index in [2.05, 4.69) is 41.5 Å². The number of rotatable bonds is 5. The minimum absolute atomic E-state index is 0.0740. The number of nitrogens with zero attached hydrogens (tertiary/aromatic N) is 2. The van der Waals surface area contributed by atoms with Crippen LogP contribution in [0.25, 0.3) is 0 Å². The quantitative estimate of drug-likeness (QED) is 0.610. The normalized spacial score (nSPS) is 10.9. The lowest BCUT2D eigenvalue weighted by molar-refractivity contribution is 0.1000. The van der Waals surface area contributed by atoms with E-state index in [0.29, 0.717) is 19.1 Å². The molecule has 0 radical (unpaired) electrons. The van der Waals surface area contributed by atoms with Crippen LogP contribution >= 0.6 is 22.6 Å². The van der Waals surface area contributed by atoms with Gasteiger partial charge in [0.15, 0.2) is 0 Å². The van der Waals surface area contributed by atoms with E-state index in [4.69, 9.17) is 4.74 Å². The molecule has 0 N–H and O–H groups in total. The minimum Gasteiger partial charge on any atom is -0.379 e. The Morgan fingerprint density at radius 1 is 1.60 bits per heavy atom. The van der Waals surface area contributed by atoms with Gasteiger partial charge in [0.05, 0.1) is 19.3 Å². The number of halogens is 1. The maximum absolute atomic E-state index is 11.4. The predicted octanol–water partition coefficient (Wildman–Crippen LogP) is 1.52. The van der Waals surface area contributed by atoms with Crippen LogP contribution in [0.2, 0.25) is 0 Å². The maximum Gasteiger partial charge on any atom is 0.267 e. The molecule has 84 valence electrons. The van der Waals surface area contributed by atoms with Gasteiger partial charge in [-0.05, 0) is 28.5 Å². The van der Waals surface area contributed by atoms with Crippen molar-refractivity contribution in [1.29, 1.82) is 0 Å². The Kier molecular flexibility index (Phi) is 5.24. The molecule has 1 aromatic rings. The monoisotopic (exact) mass is 322 g/mol. The summed E-state index contributed by atoms with van der Waals surface area (Å²) in [7, 11) is 0. The van der Waals surface area contributed by atoms with Crippen LogP contribution in [0, 0.1) is 9.49 Å². The zero-order chi connectivity index (χ0) is 11.3. The molecule has 5 heteroatoms. The van der Waals surface area contributed by atoms with Gasteiger partial charge in [-0.2, -0.15) is 5.10 Å². The topological polar surface area (TPSA) is 44.1 Å². The zero-order valence-electron chi connectivity index (χ0n) is 8.94. The second-order valence-electron chi connectivity index (χ2n) is 3.70. The fraction of sp³-hybridized carbons (Fsp3) is 0.600. The van der Waals surface area contributed by atoms with Gasteiger partial charge in [-0.1, -0.05) is 13.8 Å². The highest BCUT2D eigenvalue weighted by Gasteiger charge is 1.99. The molecule has 1 rings (SSSR count). The first kappa shape index (κ1) is 12.6. The van der Waals surface area contributed by atoms with E-state index in [1.807, 2.05) is 0 Å². The molecule has 1 heterocycles. The largest absolute Gasteiger partial charge is 0.379 e. The van der Waals surface area contributed by atoms with Crippen LogP contribution in [0.1, 0.15) is 13.8 Å². The van der Waals surface area contributed by atoms with E-state index in [1.165, 1.54) is 4.68 Å². The third-order valence-electron chi connectivity index (χ3n) is 1.73. The van der Waals surface area contributed by atoms with Gasteiger partial charge < -0.3 is 4.74 Å². The lowest BCUT2D eigenvalue weighted by Crippen LogP contribution is -2.24.